The van der Waals surface area contributed by atoms with Gasteiger partial charge in [0.05, 0.1) is 0 Å². The van der Waals surface area contributed by atoms with Gasteiger partial charge < -0.3 is 29.9 Å². The van der Waals surface area contributed by atoms with Crippen LogP contribution >= 0.6 is 23.2 Å². The van der Waals surface area contributed by atoms with E-state index in [4.69, 9.17) is 32.7 Å². The summed E-state index contributed by atoms with van der Waals surface area (Å²) >= 11 is 11.9. The molecule has 3 rings (SSSR count). The van der Waals surface area contributed by atoms with Crippen LogP contribution in [0.4, 0.5) is 0 Å². The summed E-state index contributed by atoms with van der Waals surface area (Å²) in [6.07, 6.45) is 0.762. The molecule has 1 aliphatic heterocycles. The van der Waals surface area contributed by atoms with Crippen molar-refractivity contribution >= 4 is 23.2 Å². The van der Waals surface area contributed by atoms with Crippen molar-refractivity contribution in [3.63, 3.8) is 0 Å². The SMILES string of the molecule is Cc1ccc(OC[C@@H](O)CNC2CCN(C[C@@H](O)COc3cc(Cl)cc(Cl)c3)CC2)cc1. The van der Waals surface area contributed by atoms with E-state index in [0.29, 0.717) is 34.9 Å². The van der Waals surface area contributed by atoms with Crippen molar-refractivity contribution in [1.29, 1.82) is 0 Å². The Hall–Kier alpha value is -1.54. The maximum Gasteiger partial charge on any atom is 0.122 e. The van der Waals surface area contributed by atoms with Crippen LogP contribution in [0.3, 0.4) is 0 Å². The van der Waals surface area contributed by atoms with E-state index in [2.05, 4.69) is 10.2 Å². The van der Waals surface area contributed by atoms with Gasteiger partial charge in [0.2, 0.25) is 0 Å². The smallest absolute Gasteiger partial charge is 0.122 e. The van der Waals surface area contributed by atoms with E-state index >= 15 is 0 Å². The number of aliphatic hydroxyl groups excluding tert-OH is 2. The van der Waals surface area contributed by atoms with Gasteiger partial charge in [-0.15, -0.1) is 0 Å². The average Bonchev–Trinajstić information content (AvgIpc) is 2.76. The molecule has 1 heterocycles. The molecule has 1 fully saturated rings. The van der Waals surface area contributed by atoms with Crippen molar-refractivity contribution in [2.24, 2.45) is 0 Å². The Morgan fingerprint density at radius 2 is 1.53 bits per heavy atom. The number of aliphatic hydroxyl groups is 2. The second-order valence-electron chi connectivity index (χ2n) is 8.33. The van der Waals surface area contributed by atoms with Crippen molar-refractivity contribution in [2.45, 2.75) is 38.0 Å². The van der Waals surface area contributed by atoms with Crippen LogP contribution in [0.1, 0.15) is 18.4 Å². The van der Waals surface area contributed by atoms with Crippen LogP contribution < -0.4 is 14.8 Å². The highest BCUT2D eigenvalue weighted by atomic mass is 35.5. The number of likely N-dealkylation sites (tertiary alicyclic amines) is 1. The third-order valence-corrected chi connectivity index (χ3v) is 5.88. The molecule has 0 saturated carbocycles. The Morgan fingerprint density at radius 3 is 2.19 bits per heavy atom. The Morgan fingerprint density at radius 1 is 0.938 bits per heavy atom. The lowest BCUT2D eigenvalue weighted by Gasteiger charge is -2.33. The van der Waals surface area contributed by atoms with Gasteiger partial charge in [0.25, 0.3) is 0 Å². The van der Waals surface area contributed by atoms with Crippen LogP contribution in [0.5, 0.6) is 11.5 Å². The molecule has 8 heteroatoms. The zero-order chi connectivity index (χ0) is 22.9. The van der Waals surface area contributed by atoms with E-state index in [9.17, 15) is 10.2 Å². The fraction of sp³-hybridized carbons (Fsp3) is 0.500. The number of hydrogen-bond donors (Lipinski definition) is 3. The number of hydrogen-bond acceptors (Lipinski definition) is 6. The number of nitrogens with zero attached hydrogens (tertiary/aromatic N) is 1. The first-order valence-electron chi connectivity index (χ1n) is 11.0. The molecule has 1 saturated heterocycles. The molecule has 0 bridgehead atoms. The fourth-order valence-corrected chi connectivity index (χ4v) is 4.17. The molecule has 2 atom stereocenters. The number of piperidine rings is 1. The topological polar surface area (TPSA) is 74.2 Å². The zero-order valence-electron chi connectivity index (χ0n) is 18.3. The normalized spacial score (nSPS) is 17.2. The Balaban J connectivity index is 1.28. The molecule has 176 valence electrons. The highest BCUT2D eigenvalue weighted by molar-refractivity contribution is 6.34. The second-order valence-corrected chi connectivity index (χ2v) is 9.20. The van der Waals surface area contributed by atoms with E-state index in [1.54, 1.807) is 18.2 Å². The monoisotopic (exact) mass is 482 g/mol. The first kappa shape index (κ1) is 25.1. The molecule has 0 aromatic heterocycles. The largest absolute Gasteiger partial charge is 0.491 e. The van der Waals surface area contributed by atoms with Gasteiger partial charge in [-0.1, -0.05) is 40.9 Å². The molecule has 6 nitrogen and oxygen atoms in total. The average molecular weight is 483 g/mol. The van der Waals surface area contributed by atoms with Crippen molar-refractivity contribution in [3.8, 4) is 11.5 Å². The molecule has 2 aromatic carbocycles. The summed E-state index contributed by atoms with van der Waals surface area (Å²) in [4.78, 5) is 2.23. The van der Waals surface area contributed by atoms with Crippen LogP contribution in [0.25, 0.3) is 0 Å². The lowest BCUT2D eigenvalue weighted by atomic mass is 10.0. The van der Waals surface area contributed by atoms with Crippen LogP contribution in [0, 0.1) is 6.92 Å². The van der Waals surface area contributed by atoms with Crippen molar-refractivity contribution in [1.82, 2.24) is 10.2 Å². The molecule has 3 N–H and O–H groups in total. The molecule has 32 heavy (non-hydrogen) atoms. The van der Waals surface area contributed by atoms with Crippen molar-refractivity contribution < 1.29 is 19.7 Å². The van der Waals surface area contributed by atoms with Gasteiger partial charge in [0, 0.05) is 29.2 Å². The summed E-state index contributed by atoms with van der Waals surface area (Å²) in [7, 11) is 0. The summed E-state index contributed by atoms with van der Waals surface area (Å²) in [5, 5.41) is 24.9. The first-order valence-corrected chi connectivity index (χ1v) is 11.7. The third-order valence-electron chi connectivity index (χ3n) is 5.44. The van der Waals surface area contributed by atoms with E-state index in [1.807, 2.05) is 31.2 Å². The van der Waals surface area contributed by atoms with Gasteiger partial charge in [-0.2, -0.15) is 0 Å². The number of rotatable bonds is 11. The predicted molar refractivity (Wildman–Crippen MR) is 128 cm³/mol. The van der Waals surface area contributed by atoms with Gasteiger partial charge in [0.1, 0.15) is 36.9 Å². The van der Waals surface area contributed by atoms with Crippen LogP contribution in [-0.2, 0) is 0 Å². The maximum atomic E-state index is 10.3. The Bertz CT molecular complexity index is 809. The van der Waals surface area contributed by atoms with E-state index < -0.39 is 12.2 Å². The van der Waals surface area contributed by atoms with Crippen molar-refractivity contribution in [2.75, 3.05) is 39.4 Å². The lowest BCUT2D eigenvalue weighted by Crippen LogP contribution is -2.47. The second kappa shape index (κ2) is 12.6. The number of aryl methyl sites for hydroxylation is 1. The standard InChI is InChI=1S/C24H32Cl2N2O4/c1-17-2-4-23(5-3-17)31-15-21(29)13-27-20-6-8-28(9-7-20)14-22(30)16-32-24-11-18(25)10-19(26)12-24/h2-5,10-12,20-22,27,29-30H,6-9,13-16H2,1H3/t21-,22+/m0/s1. The van der Waals surface area contributed by atoms with E-state index in [0.717, 1.165) is 31.7 Å². The minimum absolute atomic E-state index is 0.183. The molecule has 0 amide bonds. The lowest BCUT2D eigenvalue weighted by molar-refractivity contribution is 0.0556. The number of nitrogens with one attached hydrogen (secondary N) is 1. The molecular weight excluding hydrogens is 451 g/mol. The maximum absolute atomic E-state index is 10.3. The van der Waals surface area contributed by atoms with E-state index in [-0.39, 0.29) is 13.2 Å². The van der Waals surface area contributed by atoms with E-state index in [1.165, 1.54) is 5.56 Å². The first-order chi connectivity index (χ1) is 15.4. The number of halogens is 2. The van der Waals surface area contributed by atoms with Gasteiger partial charge in [-0.25, -0.2) is 0 Å². The van der Waals surface area contributed by atoms with Crippen LogP contribution in [-0.4, -0.2) is 72.8 Å². The molecular formula is C24H32Cl2N2O4. The predicted octanol–water partition coefficient (Wildman–Crippen LogP) is 3.54. The minimum atomic E-state index is -0.599. The van der Waals surface area contributed by atoms with Crippen LogP contribution in [0.15, 0.2) is 42.5 Å². The van der Waals surface area contributed by atoms with Crippen LogP contribution in [0.2, 0.25) is 10.0 Å². The summed E-state index contributed by atoms with van der Waals surface area (Å²) in [5.74, 6) is 1.32. The van der Waals surface area contributed by atoms with Crippen molar-refractivity contribution in [3.05, 3.63) is 58.1 Å². The highest BCUT2D eigenvalue weighted by Gasteiger charge is 2.21. The Kier molecular flexibility index (Phi) is 9.91. The third kappa shape index (κ3) is 8.77. The quantitative estimate of drug-likeness (QED) is 0.454. The highest BCUT2D eigenvalue weighted by Crippen LogP contribution is 2.24. The van der Waals surface area contributed by atoms with Gasteiger partial charge in [-0.3, -0.25) is 0 Å². The summed E-state index contributed by atoms with van der Waals surface area (Å²) in [6, 6.07) is 13.1. The van der Waals surface area contributed by atoms with Gasteiger partial charge in [0.15, 0.2) is 0 Å². The summed E-state index contributed by atoms with van der Waals surface area (Å²) in [5.41, 5.74) is 1.18. The van der Waals surface area contributed by atoms with Gasteiger partial charge in [-0.05, 0) is 63.2 Å². The molecule has 0 spiro atoms. The molecule has 1 aliphatic rings. The number of ether oxygens (including phenoxy) is 2. The summed E-state index contributed by atoms with van der Waals surface area (Å²) in [6.45, 7) is 5.28. The zero-order valence-corrected chi connectivity index (χ0v) is 19.9. The van der Waals surface area contributed by atoms with Gasteiger partial charge >= 0.3 is 0 Å². The molecule has 0 radical (unpaired) electrons. The molecule has 0 unspecified atom stereocenters. The fourth-order valence-electron chi connectivity index (χ4n) is 3.66. The number of benzene rings is 2. The molecule has 2 aromatic rings. The number of β-amino-alcohol motifs (C(OH)–C–C–N with tert-alkyl or cyclic N) is 1. The Labute approximate surface area is 200 Å². The minimum Gasteiger partial charge on any atom is -0.491 e. The molecule has 0 aliphatic carbocycles. The summed E-state index contributed by atoms with van der Waals surface area (Å²) < 4.78 is 11.3.